The van der Waals surface area contributed by atoms with Gasteiger partial charge in [0.05, 0.1) is 12.7 Å². The molecule has 1 aromatic carbocycles. The van der Waals surface area contributed by atoms with Gasteiger partial charge in [-0.15, -0.1) is 0 Å². The summed E-state index contributed by atoms with van der Waals surface area (Å²) in [6.45, 7) is 5.78. The molecule has 0 unspecified atom stereocenters. The van der Waals surface area contributed by atoms with Gasteiger partial charge in [-0.3, -0.25) is 9.59 Å². The van der Waals surface area contributed by atoms with E-state index in [4.69, 9.17) is 4.74 Å². The number of rotatable bonds is 2. The van der Waals surface area contributed by atoms with Crippen molar-refractivity contribution < 1.29 is 14.3 Å². The van der Waals surface area contributed by atoms with Crippen LogP contribution in [0.15, 0.2) is 18.2 Å². The van der Waals surface area contributed by atoms with E-state index < -0.39 is 0 Å². The Bertz CT molecular complexity index is 758. The van der Waals surface area contributed by atoms with E-state index in [0.717, 1.165) is 22.3 Å². The normalized spacial score (nSPS) is 15.1. The van der Waals surface area contributed by atoms with Gasteiger partial charge >= 0.3 is 0 Å². The van der Waals surface area contributed by atoms with Gasteiger partial charge in [-0.25, -0.2) is 0 Å². The molecule has 2 heterocycles. The Balaban J connectivity index is 1.89. The number of amides is 2. The van der Waals surface area contributed by atoms with Crippen molar-refractivity contribution in [3.05, 3.63) is 29.5 Å². The minimum absolute atomic E-state index is 0.00482. The van der Waals surface area contributed by atoms with Crippen LogP contribution in [0.25, 0.3) is 10.9 Å². The molecule has 0 spiro atoms. The SMILES string of the molecule is COc1ccc2[nH]c(C)c(C(=O)N3CCN(C(C)=O)CC3)c2c1. The van der Waals surface area contributed by atoms with Crippen molar-refractivity contribution >= 4 is 22.7 Å². The number of nitrogens with one attached hydrogen (secondary N) is 1. The molecular formula is C17H21N3O3. The number of benzene rings is 1. The van der Waals surface area contributed by atoms with Crippen molar-refractivity contribution in [2.75, 3.05) is 33.3 Å². The molecule has 6 nitrogen and oxygen atoms in total. The number of ether oxygens (including phenoxy) is 1. The van der Waals surface area contributed by atoms with Crippen LogP contribution in [0.4, 0.5) is 0 Å². The Labute approximate surface area is 135 Å². The average molecular weight is 315 g/mol. The van der Waals surface area contributed by atoms with E-state index in [0.29, 0.717) is 31.7 Å². The van der Waals surface area contributed by atoms with E-state index in [2.05, 4.69) is 4.98 Å². The molecule has 6 heteroatoms. The van der Waals surface area contributed by atoms with Gasteiger partial charge in [-0.05, 0) is 25.1 Å². The molecule has 0 saturated carbocycles. The zero-order valence-corrected chi connectivity index (χ0v) is 13.7. The van der Waals surface area contributed by atoms with Crippen molar-refractivity contribution in [3.8, 4) is 5.75 Å². The predicted octanol–water partition coefficient (Wildman–Crippen LogP) is 1.79. The molecule has 2 amide bonds. The topological polar surface area (TPSA) is 65.6 Å². The number of aromatic nitrogens is 1. The third-order valence-corrected chi connectivity index (χ3v) is 4.42. The first kappa shape index (κ1) is 15.4. The molecular weight excluding hydrogens is 294 g/mol. The number of nitrogens with zero attached hydrogens (tertiary/aromatic N) is 2. The van der Waals surface area contributed by atoms with Crippen LogP contribution in [0, 0.1) is 6.92 Å². The maximum Gasteiger partial charge on any atom is 0.256 e. The van der Waals surface area contributed by atoms with Crippen molar-refractivity contribution in [2.24, 2.45) is 0 Å². The number of aromatic amines is 1. The Kier molecular flexibility index (Phi) is 3.98. The fraction of sp³-hybridized carbons (Fsp3) is 0.412. The largest absolute Gasteiger partial charge is 0.497 e. The third-order valence-electron chi connectivity index (χ3n) is 4.42. The number of hydrogen-bond donors (Lipinski definition) is 1. The number of piperazine rings is 1. The first-order valence-electron chi connectivity index (χ1n) is 7.72. The van der Waals surface area contributed by atoms with E-state index in [1.807, 2.05) is 30.0 Å². The average Bonchev–Trinajstić information content (AvgIpc) is 2.89. The lowest BCUT2D eigenvalue weighted by Crippen LogP contribution is -2.50. The molecule has 122 valence electrons. The monoisotopic (exact) mass is 315 g/mol. The van der Waals surface area contributed by atoms with Crippen LogP contribution in [0.2, 0.25) is 0 Å². The van der Waals surface area contributed by atoms with Gasteiger partial charge in [0.25, 0.3) is 5.91 Å². The predicted molar refractivity (Wildman–Crippen MR) is 87.7 cm³/mol. The van der Waals surface area contributed by atoms with Crippen molar-refractivity contribution in [1.29, 1.82) is 0 Å². The standard InChI is InChI=1S/C17H21N3O3/c1-11-16(14-10-13(23-3)4-5-15(14)18-11)17(22)20-8-6-19(7-9-20)12(2)21/h4-5,10,18H,6-9H2,1-3H3. The van der Waals surface area contributed by atoms with Crippen LogP contribution in [0.3, 0.4) is 0 Å². The molecule has 1 fully saturated rings. The fourth-order valence-electron chi connectivity index (χ4n) is 3.09. The molecule has 2 aromatic rings. The minimum Gasteiger partial charge on any atom is -0.497 e. The van der Waals surface area contributed by atoms with E-state index >= 15 is 0 Å². The van der Waals surface area contributed by atoms with Crippen LogP contribution >= 0.6 is 0 Å². The molecule has 1 N–H and O–H groups in total. The van der Waals surface area contributed by atoms with E-state index in [1.54, 1.807) is 18.9 Å². The van der Waals surface area contributed by atoms with Crippen molar-refractivity contribution in [1.82, 2.24) is 14.8 Å². The number of carbonyl (C=O) groups is 2. The summed E-state index contributed by atoms with van der Waals surface area (Å²) in [7, 11) is 1.61. The van der Waals surface area contributed by atoms with Gasteiger partial charge in [0, 0.05) is 49.7 Å². The van der Waals surface area contributed by atoms with Crippen LogP contribution in [0.1, 0.15) is 23.0 Å². The second kappa shape index (κ2) is 5.95. The Morgan fingerprint density at radius 3 is 2.39 bits per heavy atom. The lowest BCUT2D eigenvalue weighted by Gasteiger charge is -2.34. The molecule has 0 bridgehead atoms. The summed E-state index contributed by atoms with van der Waals surface area (Å²) in [5.41, 5.74) is 2.47. The van der Waals surface area contributed by atoms with Gasteiger partial charge < -0.3 is 19.5 Å². The number of carbonyl (C=O) groups excluding carboxylic acids is 2. The van der Waals surface area contributed by atoms with E-state index in [1.165, 1.54) is 0 Å². The van der Waals surface area contributed by atoms with Gasteiger partial charge in [-0.1, -0.05) is 0 Å². The summed E-state index contributed by atoms with van der Waals surface area (Å²) in [5, 5.41) is 0.876. The number of H-pyrrole nitrogens is 1. The van der Waals surface area contributed by atoms with E-state index in [9.17, 15) is 9.59 Å². The van der Waals surface area contributed by atoms with Gasteiger partial charge in [0.2, 0.25) is 5.91 Å². The minimum atomic E-state index is 0.00482. The van der Waals surface area contributed by atoms with Crippen molar-refractivity contribution in [2.45, 2.75) is 13.8 Å². The highest BCUT2D eigenvalue weighted by Gasteiger charge is 2.26. The first-order chi connectivity index (χ1) is 11.0. The number of methoxy groups -OCH3 is 1. The number of hydrogen-bond acceptors (Lipinski definition) is 3. The van der Waals surface area contributed by atoms with Crippen LogP contribution < -0.4 is 4.74 Å². The molecule has 1 aliphatic heterocycles. The Morgan fingerprint density at radius 1 is 1.13 bits per heavy atom. The Hall–Kier alpha value is -2.50. The summed E-state index contributed by atoms with van der Waals surface area (Å²) >= 11 is 0. The molecule has 0 atom stereocenters. The molecule has 1 aromatic heterocycles. The summed E-state index contributed by atoms with van der Waals surface area (Å²) in [6.07, 6.45) is 0. The van der Waals surface area contributed by atoms with Gasteiger partial charge in [0.15, 0.2) is 0 Å². The Morgan fingerprint density at radius 2 is 1.78 bits per heavy atom. The lowest BCUT2D eigenvalue weighted by molar-refractivity contribution is -0.130. The molecule has 23 heavy (non-hydrogen) atoms. The molecule has 1 aliphatic rings. The fourth-order valence-corrected chi connectivity index (χ4v) is 3.09. The summed E-state index contributed by atoms with van der Waals surface area (Å²) < 4.78 is 5.27. The van der Waals surface area contributed by atoms with Gasteiger partial charge in [-0.2, -0.15) is 0 Å². The second-order valence-electron chi connectivity index (χ2n) is 5.83. The quantitative estimate of drug-likeness (QED) is 0.919. The van der Waals surface area contributed by atoms with Gasteiger partial charge in [0.1, 0.15) is 5.75 Å². The third kappa shape index (κ3) is 2.76. The summed E-state index contributed by atoms with van der Waals surface area (Å²) in [4.78, 5) is 31.2. The highest BCUT2D eigenvalue weighted by Crippen LogP contribution is 2.27. The maximum atomic E-state index is 12.9. The molecule has 3 rings (SSSR count). The summed E-state index contributed by atoms with van der Waals surface area (Å²) in [5.74, 6) is 0.794. The smallest absolute Gasteiger partial charge is 0.256 e. The van der Waals surface area contributed by atoms with Crippen LogP contribution in [0.5, 0.6) is 5.75 Å². The number of fused-ring (bicyclic) bond motifs is 1. The first-order valence-corrected chi connectivity index (χ1v) is 7.72. The van der Waals surface area contributed by atoms with Crippen LogP contribution in [-0.2, 0) is 4.79 Å². The summed E-state index contributed by atoms with van der Waals surface area (Å²) in [6, 6.07) is 5.68. The highest BCUT2D eigenvalue weighted by molar-refractivity contribution is 6.08. The lowest BCUT2D eigenvalue weighted by atomic mass is 10.1. The highest BCUT2D eigenvalue weighted by atomic mass is 16.5. The molecule has 0 radical (unpaired) electrons. The second-order valence-corrected chi connectivity index (χ2v) is 5.83. The molecule has 1 saturated heterocycles. The van der Waals surface area contributed by atoms with Crippen molar-refractivity contribution in [3.63, 3.8) is 0 Å². The maximum absolute atomic E-state index is 12.9. The van der Waals surface area contributed by atoms with E-state index in [-0.39, 0.29) is 11.8 Å². The zero-order chi connectivity index (χ0) is 16.6. The molecule has 0 aliphatic carbocycles. The zero-order valence-electron chi connectivity index (χ0n) is 13.7. The van der Waals surface area contributed by atoms with Crippen LogP contribution in [-0.4, -0.2) is 59.9 Å². The number of aryl methyl sites for hydroxylation is 1.